The van der Waals surface area contributed by atoms with E-state index in [0.29, 0.717) is 12.1 Å². The third-order valence-electron chi connectivity index (χ3n) is 3.37. The Kier molecular flexibility index (Phi) is 3.31. The van der Waals surface area contributed by atoms with Gasteiger partial charge in [-0.05, 0) is 32.8 Å². The molecule has 0 spiro atoms. The van der Waals surface area contributed by atoms with Gasteiger partial charge in [0.25, 0.3) is 0 Å². The zero-order chi connectivity index (χ0) is 11.6. The molecule has 0 bridgehead atoms. The Balaban J connectivity index is 1.91. The van der Waals surface area contributed by atoms with Gasteiger partial charge in [0, 0.05) is 24.2 Å². The second-order valence-electron chi connectivity index (χ2n) is 5.46. The van der Waals surface area contributed by atoms with Crippen molar-refractivity contribution >= 4 is 0 Å². The van der Waals surface area contributed by atoms with Crippen LogP contribution in [0.5, 0.6) is 0 Å². The maximum Gasteiger partial charge on any atom is 0.0294 e. The molecule has 2 unspecified atom stereocenters. The predicted molar refractivity (Wildman–Crippen MR) is 68.5 cm³/mol. The molecule has 2 rings (SSSR count). The quantitative estimate of drug-likeness (QED) is 0.814. The molecule has 0 aromatic heterocycles. The van der Waals surface area contributed by atoms with Crippen LogP contribution in [0, 0.1) is 0 Å². The van der Waals surface area contributed by atoms with E-state index in [0.717, 1.165) is 6.54 Å². The average molecular weight is 218 g/mol. The van der Waals surface area contributed by atoms with Crippen molar-refractivity contribution < 1.29 is 0 Å². The lowest BCUT2D eigenvalue weighted by atomic mass is 10.0. The van der Waals surface area contributed by atoms with Gasteiger partial charge in [0.15, 0.2) is 0 Å². The minimum atomic E-state index is 0.286. The molecule has 1 saturated heterocycles. The molecule has 2 nitrogen and oxygen atoms in total. The van der Waals surface area contributed by atoms with Gasteiger partial charge in [0.1, 0.15) is 0 Å². The first kappa shape index (κ1) is 11.6. The molecular formula is C14H22N2. The summed E-state index contributed by atoms with van der Waals surface area (Å²) in [4.78, 5) is 0. The lowest BCUT2D eigenvalue weighted by Gasteiger charge is -2.21. The van der Waals surface area contributed by atoms with Crippen molar-refractivity contribution in [3.63, 3.8) is 0 Å². The van der Waals surface area contributed by atoms with Gasteiger partial charge in [-0.3, -0.25) is 0 Å². The Hall–Kier alpha value is -0.860. The number of nitrogens with one attached hydrogen (secondary N) is 2. The summed E-state index contributed by atoms with van der Waals surface area (Å²) in [6.07, 6.45) is 1.20. The Labute approximate surface area is 98.4 Å². The normalized spacial score (nSPS) is 25.6. The zero-order valence-electron chi connectivity index (χ0n) is 10.5. The molecule has 1 aliphatic rings. The topological polar surface area (TPSA) is 24.1 Å². The Morgan fingerprint density at radius 2 is 2.00 bits per heavy atom. The van der Waals surface area contributed by atoms with Gasteiger partial charge in [0.2, 0.25) is 0 Å². The monoisotopic (exact) mass is 218 g/mol. The molecule has 88 valence electrons. The molecule has 2 heteroatoms. The fourth-order valence-corrected chi connectivity index (χ4v) is 2.47. The first-order valence-corrected chi connectivity index (χ1v) is 6.13. The van der Waals surface area contributed by atoms with Crippen LogP contribution in [0.3, 0.4) is 0 Å². The van der Waals surface area contributed by atoms with Crippen LogP contribution in [0.4, 0.5) is 0 Å². The predicted octanol–water partition coefficient (Wildman–Crippen LogP) is 2.48. The molecule has 16 heavy (non-hydrogen) atoms. The van der Waals surface area contributed by atoms with Gasteiger partial charge in [-0.1, -0.05) is 30.3 Å². The summed E-state index contributed by atoms with van der Waals surface area (Å²) in [6, 6.07) is 11.7. The van der Waals surface area contributed by atoms with Gasteiger partial charge in [-0.15, -0.1) is 0 Å². The molecule has 2 N–H and O–H groups in total. The maximum absolute atomic E-state index is 3.69. The number of hydrogen-bond donors (Lipinski definition) is 2. The van der Waals surface area contributed by atoms with Crippen molar-refractivity contribution in [2.45, 2.75) is 44.8 Å². The molecule has 1 aromatic carbocycles. The first-order valence-electron chi connectivity index (χ1n) is 6.13. The van der Waals surface area contributed by atoms with Crippen LogP contribution < -0.4 is 10.6 Å². The van der Waals surface area contributed by atoms with Gasteiger partial charge >= 0.3 is 0 Å². The highest BCUT2D eigenvalue weighted by molar-refractivity contribution is 5.18. The smallest absolute Gasteiger partial charge is 0.0294 e. The summed E-state index contributed by atoms with van der Waals surface area (Å²) in [5.74, 6) is 0. The highest BCUT2D eigenvalue weighted by Crippen LogP contribution is 2.21. The third kappa shape index (κ3) is 2.83. The van der Waals surface area contributed by atoms with E-state index in [-0.39, 0.29) is 5.54 Å². The Morgan fingerprint density at radius 1 is 1.31 bits per heavy atom. The average Bonchev–Trinajstić information content (AvgIpc) is 2.59. The summed E-state index contributed by atoms with van der Waals surface area (Å²) in [7, 11) is 0. The van der Waals surface area contributed by atoms with Crippen LogP contribution in [0.25, 0.3) is 0 Å². The van der Waals surface area contributed by atoms with E-state index in [1.165, 1.54) is 12.0 Å². The maximum atomic E-state index is 3.69. The Morgan fingerprint density at radius 3 is 2.56 bits per heavy atom. The molecular weight excluding hydrogens is 196 g/mol. The van der Waals surface area contributed by atoms with Crippen molar-refractivity contribution in [3.05, 3.63) is 35.9 Å². The molecule has 0 amide bonds. The molecule has 1 aliphatic heterocycles. The van der Waals surface area contributed by atoms with Crippen LogP contribution in [-0.4, -0.2) is 18.1 Å². The van der Waals surface area contributed by atoms with Crippen LogP contribution in [0.2, 0.25) is 0 Å². The minimum Gasteiger partial charge on any atom is -0.310 e. The number of hydrogen-bond acceptors (Lipinski definition) is 2. The summed E-state index contributed by atoms with van der Waals surface area (Å²) < 4.78 is 0. The van der Waals surface area contributed by atoms with Gasteiger partial charge in [-0.25, -0.2) is 0 Å². The molecule has 0 radical (unpaired) electrons. The van der Waals surface area contributed by atoms with Crippen molar-refractivity contribution in [2.75, 3.05) is 6.54 Å². The fraction of sp³-hybridized carbons (Fsp3) is 0.571. The number of benzene rings is 1. The fourth-order valence-electron chi connectivity index (χ4n) is 2.47. The summed E-state index contributed by atoms with van der Waals surface area (Å²) in [6.45, 7) is 7.84. The van der Waals surface area contributed by atoms with Crippen molar-refractivity contribution in [1.29, 1.82) is 0 Å². The van der Waals surface area contributed by atoms with Crippen LogP contribution in [0.15, 0.2) is 30.3 Å². The Bertz CT molecular complexity index is 332. The van der Waals surface area contributed by atoms with Gasteiger partial charge < -0.3 is 10.6 Å². The zero-order valence-corrected chi connectivity index (χ0v) is 10.5. The van der Waals surface area contributed by atoms with E-state index < -0.39 is 0 Å². The highest BCUT2D eigenvalue weighted by Gasteiger charge is 2.30. The van der Waals surface area contributed by atoms with Crippen LogP contribution in [0.1, 0.15) is 38.8 Å². The molecule has 0 aliphatic carbocycles. The third-order valence-corrected chi connectivity index (χ3v) is 3.37. The highest BCUT2D eigenvalue weighted by atomic mass is 15.1. The van der Waals surface area contributed by atoms with Crippen LogP contribution >= 0.6 is 0 Å². The second kappa shape index (κ2) is 4.56. The number of rotatable bonds is 3. The summed E-state index contributed by atoms with van der Waals surface area (Å²) in [5.41, 5.74) is 1.65. The molecule has 1 fully saturated rings. The van der Waals surface area contributed by atoms with E-state index in [2.05, 4.69) is 61.7 Å². The van der Waals surface area contributed by atoms with Crippen LogP contribution in [-0.2, 0) is 0 Å². The molecule has 1 heterocycles. The molecule has 0 saturated carbocycles. The molecule has 1 aromatic rings. The lowest BCUT2D eigenvalue weighted by Crippen LogP contribution is -2.33. The molecule has 2 atom stereocenters. The first-order chi connectivity index (χ1) is 7.57. The van der Waals surface area contributed by atoms with Crippen molar-refractivity contribution in [3.8, 4) is 0 Å². The largest absolute Gasteiger partial charge is 0.310 e. The van der Waals surface area contributed by atoms with Gasteiger partial charge in [-0.2, -0.15) is 0 Å². The van der Waals surface area contributed by atoms with E-state index in [9.17, 15) is 0 Å². The SMILES string of the molecule is CC(NC1CNC(C)(C)C1)c1ccccc1. The summed E-state index contributed by atoms with van der Waals surface area (Å²) in [5, 5.41) is 7.23. The van der Waals surface area contributed by atoms with E-state index in [4.69, 9.17) is 0 Å². The lowest BCUT2D eigenvalue weighted by molar-refractivity contribution is 0.426. The van der Waals surface area contributed by atoms with Crippen molar-refractivity contribution in [1.82, 2.24) is 10.6 Å². The van der Waals surface area contributed by atoms with E-state index in [1.807, 2.05) is 0 Å². The van der Waals surface area contributed by atoms with Crippen molar-refractivity contribution in [2.24, 2.45) is 0 Å². The summed E-state index contributed by atoms with van der Waals surface area (Å²) >= 11 is 0. The second-order valence-corrected chi connectivity index (χ2v) is 5.46. The van der Waals surface area contributed by atoms with E-state index in [1.54, 1.807) is 0 Å². The minimum absolute atomic E-state index is 0.286. The van der Waals surface area contributed by atoms with E-state index >= 15 is 0 Å². The standard InChI is InChI=1S/C14H22N2/c1-11(12-7-5-4-6-8-12)16-13-9-14(2,3)15-10-13/h4-8,11,13,15-16H,9-10H2,1-3H3. The van der Waals surface area contributed by atoms with Gasteiger partial charge in [0.05, 0.1) is 0 Å².